The molecule has 0 bridgehead atoms. The van der Waals surface area contributed by atoms with Crippen molar-refractivity contribution < 1.29 is 9.59 Å². The fourth-order valence-corrected chi connectivity index (χ4v) is 3.82. The maximum absolute atomic E-state index is 12.4. The minimum absolute atomic E-state index is 0.0415. The summed E-state index contributed by atoms with van der Waals surface area (Å²) in [6.07, 6.45) is 1.26. The van der Waals surface area contributed by atoms with E-state index in [2.05, 4.69) is 20.9 Å². The lowest BCUT2D eigenvalue weighted by molar-refractivity contribution is -0.116. The molecule has 2 amide bonds. The van der Waals surface area contributed by atoms with Crippen LogP contribution in [0.1, 0.15) is 41.3 Å². The number of carbonyl (C=O) groups excluding carboxylic acids is 2. The fraction of sp³-hybridized carbons (Fsp3) is 0.238. The third-order valence-electron chi connectivity index (χ3n) is 4.37. The lowest BCUT2D eigenvalue weighted by Crippen LogP contribution is -2.34. The van der Waals surface area contributed by atoms with E-state index in [-0.39, 0.29) is 16.9 Å². The first-order valence-corrected chi connectivity index (χ1v) is 10.5. The Kier molecular flexibility index (Phi) is 6.56. The zero-order valence-electron chi connectivity index (χ0n) is 16.5. The Labute approximate surface area is 178 Å². The summed E-state index contributed by atoms with van der Waals surface area (Å²) in [5.74, 6) is -0.300. The maximum Gasteiger partial charge on any atom is 0.257 e. The number of rotatable bonds is 5. The number of benzene rings is 2. The van der Waals surface area contributed by atoms with Gasteiger partial charge in [-0.3, -0.25) is 14.9 Å². The molecule has 0 aliphatic rings. The Morgan fingerprint density at radius 3 is 2.59 bits per heavy atom. The van der Waals surface area contributed by atoms with Crippen LogP contribution < -0.4 is 16.0 Å². The summed E-state index contributed by atoms with van der Waals surface area (Å²) in [5, 5.41) is 9.32. The zero-order chi connectivity index (χ0) is 21.0. The second kappa shape index (κ2) is 9.11. The van der Waals surface area contributed by atoms with Crippen LogP contribution in [-0.2, 0) is 4.79 Å². The predicted molar refractivity (Wildman–Crippen MR) is 123 cm³/mol. The number of carbonyl (C=O) groups is 2. The SMILES string of the molecule is CCCC(=O)Nc1nc2ccc(NC(=S)NC(=O)c3ccc(C)c(C)c3)cc2s1. The van der Waals surface area contributed by atoms with Crippen LogP contribution in [0.4, 0.5) is 10.8 Å². The van der Waals surface area contributed by atoms with Crippen molar-refractivity contribution in [1.29, 1.82) is 0 Å². The van der Waals surface area contributed by atoms with Crippen molar-refractivity contribution in [3.05, 3.63) is 53.1 Å². The highest BCUT2D eigenvalue weighted by molar-refractivity contribution is 7.80. The van der Waals surface area contributed by atoms with Crippen molar-refractivity contribution >= 4 is 61.5 Å². The van der Waals surface area contributed by atoms with Gasteiger partial charge in [-0.05, 0) is 73.9 Å². The average Bonchev–Trinajstić information content (AvgIpc) is 3.05. The molecule has 0 atom stereocenters. The zero-order valence-corrected chi connectivity index (χ0v) is 18.1. The number of anilines is 2. The number of aromatic nitrogens is 1. The molecule has 1 aromatic heterocycles. The van der Waals surface area contributed by atoms with E-state index in [9.17, 15) is 9.59 Å². The van der Waals surface area contributed by atoms with Crippen molar-refractivity contribution in [2.24, 2.45) is 0 Å². The number of thiazole rings is 1. The third kappa shape index (κ3) is 5.36. The topological polar surface area (TPSA) is 83.1 Å². The van der Waals surface area contributed by atoms with Gasteiger partial charge in [0.05, 0.1) is 10.2 Å². The summed E-state index contributed by atoms with van der Waals surface area (Å²) < 4.78 is 0.907. The molecular formula is C21H22N4O2S2. The van der Waals surface area contributed by atoms with E-state index >= 15 is 0 Å². The number of aryl methyl sites for hydroxylation is 2. The molecule has 0 radical (unpaired) electrons. The quantitative estimate of drug-likeness (QED) is 0.512. The van der Waals surface area contributed by atoms with Gasteiger partial charge < -0.3 is 10.6 Å². The van der Waals surface area contributed by atoms with Crippen molar-refractivity contribution in [2.45, 2.75) is 33.6 Å². The van der Waals surface area contributed by atoms with Gasteiger partial charge >= 0.3 is 0 Å². The molecule has 0 fully saturated rings. The molecule has 0 spiro atoms. The standard InChI is InChI=1S/C21H22N4O2S2/c1-4-5-18(26)24-21-23-16-9-8-15(11-17(16)29-21)22-20(28)25-19(27)14-7-6-12(2)13(3)10-14/h6-11H,4-5H2,1-3H3,(H,23,24,26)(H2,22,25,27,28). The largest absolute Gasteiger partial charge is 0.332 e. The predicted octanol–water partition coefficient (Wildman–Crippen LogP) is 4.78. The van der Waals surface area contributed by atoms with E-state index in [1.54, 1.807) is 6.07 Å². The number of hydrogen-bond acceptors (Lipinski definition) is 5. The second-order valence-corrected chi connectivity index (χ2v) is 8.15. The van der Waals surface area contributed by atoms with Crippen LogP contribution in [0.2, 0.25) is 0 Å². The van der Waals surface area contributed by atoms with Crippen molar-refractivity contribution in [2.75, 3.05) is 10.6 Å². The molecule has 0 saturated heterocycles. The van der Waals surface area contributed by atoms with Crippen LogP contribution in [-0.4, -0.2) is 21.9 Å². The first kappa shape index (κ1) is 20.9. The summed E-state index contributed by atoms with van der Waals surface area (Å²) in [7, 11) is 0. The van der Waals surface area contributed by atoms with Gasteiger partial charge in [0, 0.05) is 17.7 Å². The molecule has 2 aromatic carbocycles. The Balaban J connectivity index is 1.65. The number of fused-ring (bicyclic) bond motifs is 1. The molecule has 0 saturated carbocycles. The first-order valence-electron chi connectivity index (χ1n) is 9.25. The van der Waals surface area contributed by atoms with Gasteiger partial charge in [0.1, 0.15) is 0 Å². The van der Waals surface area contributed by atoms with Crippen LogP contribution >= 0.6 is 23.6 Å². The molecule has 3 aromatic rings. The van der Waals surface area contributed by atoms with Crippen LogP contribution in [0, 0.1) is 13.8 Å². The van der Waals surface area contributed by atoms with E-state index < -0.39 is 0 Å². The molecule has 0 unspecified atom stereocenters. The Bertz CT molecular complexity index is 1090. The first-order chi connectivity index (χ1) is 13.9. The summed E-state index contributed by atoms with van der Waals surface area (Å²) in [6.45, 7) is 5.92. The Hall–Kier alpha value is -2.84. The Morgan fingerprint density at radius 2 is 1.86 bits per heavy atom. The number of thiocarbonyl (C=S) groups is 1. The lowest BCUT2D eigenvalue weighted by Gasteiger charge is -2.10. The highest BCUT2D eigenvalue weighted by atomic mass is 32.1. The molecule has 0 aliphatic carbocycles. The number of hydrogen-bond donors (Lipinski definition) is 3. The van der Waals surface area contributed by atoms with E-state index in [0.717, 1.165) is 33.5 Å². The van der Waals surface area contributed by atoms with Gasteiger partial charge in [-0.15, -0.1) is 0 Å². The van der Waals surface area contributed by atoms with Crippen molar-refractivity contribution in [3.63, 3.8) is 0 Å². The van der Waals surface area contributed by atoms with Crippen molar-refractivity contribution in [3.8, 4) is 0 Å². The monoisotopic (exact) mass is 426 g/mol. The van der Waals surface area contributed by atoms with Crippen LogP contribution in [0.25, 0.3) is 10.2 Å². The smallest absolute Gasteiger partial charge is 0.257 e. The second-order valence-electron chi connectivity index (χ2n) is 6.71. The average molecular weight is 427 g/mol. The number of amides is 2. The minimum atomic E-state index is -0.259. The van der Waals surface area contributed by atoms with Crippen LogP contribution in [0.5, 0.6) is 0 Å². The molecule has 8 heteroatoms. The normalized spacial score (nSPS) is 10.6. The number of nitrogens with one attached hydrogen (secondary N) is 3. The highest BCUT2D eigenvalue weighted by Gasteiger charge is 2.11. The third-order valence-corrected chi connectivity index (χ3v) is 5.50. The minimum Gasteiger partial charge on any atom is -0.332 e. The lowest BCUT2D eigenvalue weighted by atomic mass is 10.1. The van der Waals surface area contributed by atoms with Crippen molar-refractivity contribution in [1.82, 2.24) is 10.3 Å². The summed E-state index contributed by atoms with van der Waals surface area (Å²) in [5.41, 5.74) is 4.26. The summed E-state index contributed by atoms with van der Waals surface area (Å²) in [4.78, 5) is 28.6. The highest BCUT2D eigenvalue weighted by Crippen LogP contribution is 2.28. The molecule has 1 heterocycles. The van der Waals surface area contributed by atoms with E-state index in [1.165, 1.54) is 11.3 Å². The Morgan fingerprint density at radius 1 is 1.07 bits per heavy atom. The molecular weight excluding hydrogens is 404 g/mol. The van der Waals surface area contributed by atoms with Gasteiger partial charge in [0.25, 0.3) is 5.91 Å². The van der Waals surface area contributed by atoms with Gasteiger partial charge in [-0.1, -0.05) is 24.3 Å². The van der Waals surface area contributed by atoms with E-state index in [4.69, 9.17) is 12.2 Å². The van der Waals surface area contributed by atoms with E-state index in [1.807, 2.05) is 51.1 Å². The summed E-state index contributed by atoms with van der Waals surface area (Å²) >= 11 is 6.67. The van der Waals surface area contributed by atoms with Crippen LogP contribution in [0.3, 0.4) is 0 Å². The van der Waals surface area contributed by atoms with Gasteiger partial charge in [0.2, 0.25) is 5.91 Å². The molecule has 29 heavy (non-hydrogen) atoms. The van der Waals surface area contributed by atoms with Gasteiger partial charge in [0.15, 0.2) is 10.2 Å². The molecule has 6 nitrogen and oxygen atoms in total. The van der Waals surface area contributed by atoms with Gasteiger partial charge in [-0.25, -0.2) is 4.98 Å². The fourth-order valence-electron chi connectivity index (χ4n) is 2.68. The molecule has 0 aliphatic heterocycles. The van der Waals surface area contributed by atoms with Crippen LogP contribution in [0.15, 0.2) is 36.4 Å². The van der Waals surface area contributed by atoms with E-state index in [0.29, 0.717) is 17.1 Å². The molecule has 3 rings (SSSR count). The molecule has 150 valence electrons. The van der Waals surface area contributed by atoms with Gasteiger partial charge in [-0.2, -0.15) is 0 Å². The summed E-state index contributed by atoms with van der Waals surface area (Å²) in [6, 6.07) is 11.1. The molecule has 3 N–H and O–H groups in total. The number of nitrogens with zero attached hydrogens (tertiary/aromatic N) is 1. The maximum atomic E-state index is 12.4.